The van der Waals surface area contributed by atoms with Crippen LogP contribution in [0.4, 0.5) is 0 Å². The van der Waals surface area contributed by atoms with E-state index < -0.39 is 0 Å². The maximum atomic E-state index is 9.88. The minimum absolute atomic E-state index is 0.417. The molecule has 2 rings (SSSR count). The summed E-state index contributed by atoms with van der Waals surface area (Å²) in [7, 11) is 0. The first-order valence-corrected chi connectivity index (χ1v) is 6.44. The van der Waals surface area contributed by atoms with Crippen LogP contribution >= 0.6 is 0 Å². The van der Waals surface area contributed by atoms with Crippen LogP contribution in [0.15, 0.2) is 18.2 Å². The number of nitrogens with zero attached hydrogens (tertiary/aromatic N) is 1. The maximum Gasteiger partial charge on any atom is 0.120 e. The fraction of sp³-hybridized carbons (Fsp3) is 0.571. The van der Waals surface area contributed by atoms with Gasteiger partial charge in [-0.05, 0) is 32.5 Å². The number of hydrogen-bond acceptors (Lipinski definition) is 3. The number of phenols is 1. The van der Waals surface area contributed by atoms with Gasteiger partial charge >= 0.3 is 0 Å². The highest BCUT2D eigenvalue weighted by molar-refractivity contribution is 5.35. The number of nitrogens with one attached hydrogen (secondary N) is 1. The Hall–Kier alpha value is -1.06. The number of hydrogen-bond donors (Lipinski definition) is 2. The van der Waals surface area contributed by atoms with Crippen LogP contribution in [0.2, 0.25) is 0 Å². The molecule has 1 unspecified atom stereocenters. The molecule has 1 saturated heterocycles. The van der Waals surface area contributed by atoms with Crippen molar-refractivity contribution in [1.82, 2.24) is 10.2 Å². The molecule has 2 N–H and O–H groups in total. The van der Waals surface area contributed by atoms with Gasteiger partial charge < -0.3 is 10.4 Å². The van der Waals surface area contributed by atoms with Crippen LogP contribution in [-0.2, 0) is 6.54 Å². The second-order valence-corrected chi connectivity index (χ2v) is 4.84. The smallest absolute Gasteiger partial charge is 0.120 e. The molecule has 3 heteroatoms. The van der Waals surface area contributed by atoms with E-state index in [0.29, 0.717) is 11.8 Å². The van der Waals surface area contributed by atoms with Crippen molar-refractivity contribution >= 4 is 0 Å². The van der Waals surface area contributed by atoms with Crippen molar-refractivity contribution in [3.63, 3.8) is 0 Å². The quantitative estimate of drug-likeness (QED) is 0.835. The molecule has 1 aliphatic heterocycles. The minimum atomic E-state index is 0.417. The summed E-state index contributed by atoms with van der Waals surface area (Å²) < 4.78 is 0. The van der Waals surface area contributed by atoms with Gasteiger partial charge in [-0.3, -0.25) is 4.90 Å². The van der Waals surface area contributed by atoms with Crippen LogP contribution in [-0.4, -0.2) is 35.7 Å². The molecule has 1 aromatic carbocycles. The van der Waals surface area contributed by atoms with Gasteiger partial charge in [0, 0.05) is 24.7 Å². The normalized spacial score (nSPS) is 20.1. The molecule has 0 bridgehead atoms. The lowest BCUT2D eigenvalue weighted by atomic mass is 10.1. The molecule has 1 aromatic rings. The van der Waals surface area contributed by atoms with E-state index in [1.54, 1.807) is 6.07 Å². The molecule has 0 aliphatic carbocycles. The van der Waals surface area contributed by atoms with Crippen molar-refractivity contribution in [1.29, 1.82) is 0 Å². The molecule has 0 spiro atoms. The third-order valence-corrected chi connectivity index (χ3v) is 3.57. The molecule has 0 aromatic heterocycles. The number of aryl methyl sites for hydroxylation is 1. The fourth-order valence-corrected chi connectivity index (χ4v) is 2.51. The van der Waals surface area contributed by atoms with Crippen LogP contribution in [0, 0.1) is 6.92 Å². The second kappa shape index (κ2) is 5.52. The third-order valence-electron chi connectivity index (χ3n) is 3.57. The number of phenolic OH excluding ortho intramolecular Hbond substituents is 1. The van der Waals surface area contributed by atoms with Crippen LogP contribution in [0.3, 0.4) is 0 Å². The molecule has 1 heterocycles. The van der Waals surface area contributed by atoms with E-state index in [-0.39, 0.29) is 0 Å². The van der Waals surface area contributed by atoms with Crippen molar-refractivity contribution in [2.45, 2.75) is 32.9 Å². The lowest BCUT2D eigenvalue weighted by molar-refractivity contribution is 0.208. The average Bonchev–Trinajstić information content (AvgIpc) is 2.84. The van der Waals surface area contributed by atoms with Crippen LogP contribution in [0.1, 0.15) is 24.5 Å². The molecule has 3 nitrogen and oxygen atoms in total. The first-order chi connectivity index (χ1) is 8.20. The molecular weight excluding hydrogens is 212 g/mol. The zero-order valence-corrected chi connectivity index (χ0v) is 10.7. The Labute approximate surface area is 103 Å². The number of aromatic hydroxyl groups is 1. The van der Waals surface area contributed by atoms with Crippen molar-refractivity contribution in [2.24, 2.45) is 0 Å². The lowest BCUT2D eigenvalue weighted by Crippen LogP contribution is -2.36. The maximum absolute atomic E-state index is 9.88. The zero-order valence-electron chi connectivity index (χ0n) is 10.7. The monoisotopic (exact) mass is 234 g/mol. The van der Waals surface area contributed by atoms with E-state index in [2.05, 4.69) is 30.1 Å². The summed E-state index contributed by atoms with van der Waals surface area (Å²) in [6.07, 6.45) is 1.21. The van der Waals surface area contributed by atoms with E-state index in [1.807, 2.05) is 6.07 Å². The largest absolute Gasteiger partial charge is 0.508 e. The summed E-state index contributed by atoms with van der Waals surface area (Å²) in [5.74, 6) is 0.417. The van der Waals surface area contributed by atoms with E-state index >= 15 is 0 Å². The zero-order chi connectivity index (χ0) is 12.3. The van der Waals surface area contributed by atoms with E-state index in [1.165, 1.54) is 12.0 Å². The van der Waals surface area contributed by atoms with Crippen LogP contribution in [0.5, 0.6) is 5.75 Å². The molecule has 17 heavy (non-hydrogen) atoms. The van der Waals surface area contributed by atoms with E-state index in [4.69, 9.17) is 0 Å². The molecule has 94 valence electrons. The predicted octanol–water partition coefficient (Wildman–Crippen LogP) is 1.88. The highest BCUT2D eigenvalue weighted by Gasteiger charge is 2.21. The van der Waals surface area contributed by atoms with Gasteiger partial charge in [-0.25, -0.2) is 0 Å². The highest BCUT2D eigenvalue weighted by atomic mass is 16.3. The van der Waals surface area contributed by atoms with Crippen molar-refractivity contribution < 1.29 is 5.11 Å². The summed E-state index contributed by atoms with van der Waals surface area (Å²) in [5.41, 5.74) is 2.25. The van der Waals surface area contributed by atoms with E-state index in [9.17, 15) is 5.11 Å². The van der Waals surface area contributed by atoms with Crippen LogP contribution < -0.4 is 5.32 Å². The third kappa shape index (κ3) is 2.99. The van der Waals surface area contributed by atoms with Crippen LogP contribution in [0.25, 0.3) is 0 Å². The number of benzene rings is 1. The second-order valence-electron chi connectivity index (χ2n) is 4.84. The Balaban J connectivity index is 2.09. The van der Waals surface area contributed by atoms with Gasteiger partial charge in [0.15, 0.2) is 0 Å². The van der Waals surface area contributed by atoms with Gasteiger partial charge in [0.25, 0.3) is 0 Å². The summed E-state index contributed by atoms with van der Waals surface area (Å²) >= 11 is 0. The average molecular weight is 234 g/mol. The molecular formula is C14H22N2O. The molecule has 1 atom stereocenters. The van der Waals surface area contributed by atoms with Gasteiger partial charge in [0.2, 0.25) is 0 Å². The van der Waals surface area contributed by atoms with Gasteiger partial charge in [0.05, 0.1) is 0 Å². The summed E-state index contributed by atoms with van der Waals surface area (Å²) in [6, 6.07) is 6.44. The molecule has 0 saturated carbocycles. The van der Waals surface area contributed by atoms with Crippen molar-refractivity contribution in [2.75, 3.05) is 19.6 Å². The molecule has 0 amide bonds. The Morgan fingerprint density at radius 1 is 1.47 bits per heavy atom. The standard InChI is InChI=1S/C14H22N2O/c1-3-16(13-6-7-15-9-13)10-12-8-11(2)4-5-14(12)17/h4-5,8,13,15,17H,3,6-7,9-10H2,1-2H3. The SMILES string of the molecule is CCN(Cc1cc(C)ccc1O)C1CCNC1. The topological polar surface area (TPSA) is 35.5 Å². The van der Waals surface area contributed by atoms with Gasteiger partial charge in [-0.1, -0.05) is 24.6 Å². The summed E-state index contributed by atoms with van der Waals surface area (Å²) in [5, 5.41) is 13.3. The molecule has 0 radical (unpaired) electrons. The highest BCUT2D eigenvalue weighted by Crippen LogP contribution is 2.22. The van der Waals surface area contributed by atoms with Gasteiger partial charge in [-0.15, -0.1) is 0 Å². The summed E-state index contributed by atoms with van der Waals surface area (Å²) in [6.45, 7) is 8.30. The number of rotatable bonds is 4. The molecule has 1 aliphatic rings. The minimum Gasteiger partial charge on any atom is -0.508 e. The van der Waals surface area contributed by atoms with Crippen molar-refractivity contribution in [3.05, 3.63) is 29.3 Å². The Morgan fingerprint density at radius 2 is 2.29 bits per heavy atom. The van der Waals surface area contributed by atoms with Gasteiger partial charge in [0.1, 0.15) is 5.75 Å². The predicted molar refractivity (Wildman–Crippen MR) is 70.2 cm³/mol. The first-order valence-electron chi connectivity index (χ1n) is 6.44. The fourth-order valence-electron chi connectivity index (χ4n) is 2.51. The van der Waals surface area contributed by atoms with Crippen molar-refractivity contribution in [3.8, 4) is 5.75 Å². The summed E-state index contributed by atoms with van der Waals surface area (Å²) in [4.78, 5) is 2.44. The first kappa shape index (κ1) is 12.4. The van der Waals surface area contributed by atoms with Gasteiger partial charge in [-0.2, -0.15) is 0 Å². The van der Waals surface area contributed by atoms with E-state index in [0.717, 1.165) is 31.7 Å². The Kier molecular flexibility index (Phi) is 4.02. The number of likely N-dealkylation sites (N-methyl/N-ethyl adjacent to an activating group) is 1. The Bertz CT molecular complexity index is 372. The lowest BCUT2D eigenvalue weighted by Gasteiger charge is -2.27. The Morgan fingerprint density at radius 3 is 2.94 bits per heavy atom. The molecule has 1 fully saturated rings.